The average Bonchev–Trinajstić information content (AvgIpc) is 2.82. The van der Waals surface area contributed by atoms with Gasteiger partial charge in [-0.2, -0.15) is 18.3 Å². The summed E-state index contributed by atoms with van der Waals surface area (Å²) in [5, 5.41) is 7.87. The minimum atomic E-state index is -4.54. The Morgan fingerprint density at radius 3 is 2.48 bits per heavy atom. The number of aromatic nitrogens is 2. The summed E-state index contributed by atoms with van der Waals surface area (Å²) in [6.07, 6.45) is -4.54. The molecule has 2 atom stereocenters. The average molecular weight is 323 g/mol. The maximum Gasteiger partial charge on any atom is 0.435 e. The summed E-state index contributed by atoms with van der Waals surface area (Å²) >= 11 is 0. The highest BCUT2D eigenvalue weighted by atomic mass is 19.4. The minimum Gasteiger partial charge on any atom is -0.311 e. The third kappa shape index (κ3) is 2.83. The molecule has 0 aliphatic heterocycles. The number of hydrogen-bond acceptors (Lipinski definition) is 2. The predicted octanol–water partition coefficient (Wildman–Crippen LogP) is 3.81. The molecule has 4 nitrogen and oxygen atoms in total. The molecule has 1 saturated carbocycles. The summed E-state index contributed by atoms with van der Waals surface area (Å²) in [4.78, 5) is 12.4. The fourth-order valence-electron chi connectivity index (χ4n) is 3.15. The first kappa shape index (κ1) is 15.6. The van der Waals surface area contributed by atoms with Crippen molar-refractivity contribution in [3.8, 4) is 0 Å². The first-order valence-corrected chi connectivity index (χ1v) is 7.19. The summed E-state index contributed by atoms with van der Waals surface area (Å²) in [6, 6.07) is 10.4. The molecule has 0 saturated heterocycles. The van der Waals surface area contributed by atoms with E-state index in [9.17, 15) is 18.0 Å². The van der Waals surface area contributed by atoms with Crippen LogP contribution in [-0.2, 0) is 11.0 Å². The summed E-state index contributed by atoms with van der Waals surface area (Å²) in [6.45, 7) is 3.95. The smallest absolute Gasteiger partial charge is 0.311 e. The Labute approximate surface area is 131 Å². The molecule has 2 aromatic rings. The molecule has 3 rings (SSSR count). The van der Waals surface area contributed by atoms with Crippen LogP contribution in [-0.4, -0.2) is 16.1 Å². The molecule has 1 fully saturated rings. The Kier molecular flexibility index (Phi) is 3.46. The van der Waals surface area contributed by atoms with Crippen molar-refractivity contribution in [2.24, 2.45) is 11.3 Å². The van der Waals surface area contributed by atoms with Crippen LogP contribution in [0.4, 0.5) is 19.0 Å². The summed E-state index contributed by atoms with van der Waals surface area (Å²) in [5.74, 6) is -0.589. The van der Waals surface area contributed by atoms with Crippen LogP contribution in [0.3, 0.4) is 0 Å². The van der Waals surface area contributed by atoms with Crippen LogP contribution >= 0.6 is 0 Å². The third-order valence-corrected chi connectivity index (χ3v) is 4.39. The van der Waals surface area contributed by atoms with Gasteiger partial charge < -0.3 is 5.32 Å². The first-order chi connectivity index (χ1) is 10.7. The van der Waals surface area contributed by atoms with E-state index < -0.39 is 11.9 Å². The number of alkyl halides is 3. The summed E-state index contributed by atoms with van der Waals surface area (Å²) in [5.41, 5.74) is -0.237. The van der Waals surface area contributed by atoms with Gasteiger partial charge in [-0.25, -0.2) is 0 Å². The number of halogens is 3. The topological polar surface area (TPSA) is 57.8 Å². The molecule has 2 unspecified atom stereocenters. The molecule has 0 spiro atoms. The molecule has 7 heteroatoms. The number of carbonyl (C=O) groups excluding carboxylic acids is 1. The molecule has 0 bridgehead atoms. The van der Waals surface area contributed by atoms with E-state index >= 15 is 0 Å². The fourth-order valence-corrected chi connectivity index (χ4v) is 3.15. The summed E-state index contributed by atoms with van der Waals surface area (Å²) < 4.78 is 37.6. The van der Waals surface area contributed by atoms with Gasteiger partial charge in [-0.05, 0) is 11.0 Å². The minimum absolute atomic E-state index is 0.0446. The number of nitrogens with one attached hydrogen (secondary N) is 2. The molecule has 2 N–H and O–H groups in total. The largest absolute Gasteiger partial charge is 0.435 e. The van der Waals surface area contributed by atoms with E-state index in [0.29, 0.717) is 0 Å². The highest BCUT2D eigenvalue weighted by Crippen LogP contribution is 2.64. The number of aromatic amines is 1. The molecule has 1 aliphatic carbocycles. The Hall–Kier alpha value is -2.31. The number of carbonyl (C=O) groups is 1. The number of hydrogen-bond donors (Lipinski definition) is 2. The lowest BCUT2D eigenvalue weighted by Crippen LogP contribution is -2.17. The molecular formula is C16H16F3N3O. The highest BCUT2D eigenvalue weighted by Gasteiger charge is 2.62. The number of amides is 1. The molecular weight excluding hydrogens is 307 g/mol. The van der Waals surface area contributed by atoms with Crippen LogP contribution in [0.5, 0.6) is 0 Å². The SMILES string of the molecule is CC1(C)C(C(=O)Nc2cc(C(F)(F)F)n[nH]2)C1c1ccccc1. The van der Waals surface area contributed by atoms with Crippen molar-refractivity contribution in [3.63, 3.8) is 0 Å². The lowest BCUT2D eigenvalue weighted by molar-refractivity contribution is -0.141. The normalized spacial score (nSPS) is 22.7. The Morgan fingerprint density at radius 1 is 1.26 bits per heavy atom. The van der Waals surface area contributed by atoms with Crippen molar-refractivity contribution in [1.29, 1.82) is 0 Å². The Balaban J connectivity index is 1.73. The zero-order chi connectivity index (χ0) is 16.8. The quantitative estimate of drug-likeness (QED) is 0.902. The third-order valence-electron chi connectivity index (χ3n) is 4.39. The van der Waals surface area contributed by atoms with Crippen LogP contribution in [0, 0.1) is 11.3 Å². The van der Waals surface area contributed by atoms with E-state index in [2.05, 4.69) is 15.5 Å². The van der Waals surface area contributed by atoms with Crippen LogP contribution < -0.4 is 5.32 Å². The van der Waals surface area contributed by atoms with Crippen molar-refractivity contribution in [3.05, 3.63) is 47.7 Å². The van der Waals surface area contributed by atoms with Gasteiger partial charge in [0, 0.05) is 12.0 Å². The van der Waals surface area contributed by atoms with E-state index in [0.717, 1.165) is 11.6 Å². The zero-order valence-electron chi connectivity index (χ0n) is 12.6. The van der Waals surface area contributed by atoms with Crippen molar-refractivity contribution >= 4 is 11.7 Å². The van der Waals surface area contributed by atoms with Gasteiger partial charge in [-0.15, -0.1) is 0 Å². The lowest BCUT2D eigenvalue weighted by atomic mass is 10.0. The van der Waals surface area contributed by atoms with E-state index in [1.807, 2.05) is 44.2 Å². The molecule has 1 heterocycles. The van der Waals surface area contributed by atoms with Gasteiger partial charge in [0.05, 0.1) is 5.92 Å². The second-order valence-corrected chi connectivity index (χ2v) is 6.34. The molecule has 1 aromatic heterocycles. The van der Waals surface area contributed by atoms with Crippen LogP contribution in [0.2, 0.25) is 0 Å². The van der Waals surface area contributed by atoms with Gasteiger partial charge in [-0.3, -0.25) is 9.89 Å². The number of H-pyrrole nitrogens is 1. The van der Waals surface area contributed by atoms with Crippen molar-refractivity contribution in [2.75, 3.05) is 5.32 Å². The predicted molar refractivity (Wildman–Crippen MR) is 78.7 cm³/mol. The molecule has 0 radical (unpaired) electrons. The van der Waals surface area contributed by atoms with E-state index in [1.54, 1.807) is 0 Å². The maximum atomic E-state index is 12.5. The van der Waals surface area contributed by atoms with Crippen LogP contribution in [0.15, 0.2) is 36.4 Å². The van der Waals surface area contributed by atoms with E-state index in [1.165, 1.54) is 0 Å². The number of benzene rings is 1. The van der Waals surface area contributed by atoms with Gasteiger partial charge in [-0.1, -0.05) is 44.2 Å². The fraction of sp³-hybridized carbons (Fsp3) is 0.375. The molecule has 1 aliphatic rings. The Bertz CT molecular complexity index is 722. The monoisotopic (exact) mass is 323 g/mol. The number of rotatable bonds is 3. The summed E-state index contributed by atoms with van der Waals surface area (Å²) in [7, 11) is 0. The van der Waals surface area contributed by atoms with Crippen LogP contribution in [0.25, 0.3) is 0 Å². The zero-order valence-corrected chi connectivity index (χ0v) is 12.6. The van der Waals surface area contributed by atoms with Crippen molar-refractivity contribution < 1.29 is 18.0 Å². The van der Waals surface area contributed by atoms with E-state index in [-0.39, 0.29) is 29.0 Å². The second-order valence-electron chi connectivity index (χ2n) is 6.34. The van der Waals surface area contributed by atoms with Gasteiger partial charge in [0.15, 0.2) is 5.69 Å². The molecule has 23 heavy (non-hydrogen) atoms. The second kappa shape index (κ2) is 5.11. The van der Waals surface area contributed by atoms with Gasteiger partial charge in [0.2, 0.25) is 5.91 Å². The van der Waals surface area contributed by atoms with E-state index in [4.69, 9.17) is 0 Å². The number of anilines is 1. The van der Waals surface area contributed by atoms with Crippen LogP contribution in [0.1, 0.15) is 31.0 Å². The van der Waals surface area contributed by atoms with Crippen molar-refractivity contribution in [1.82, 2.24) is 10.2 Å². The standard InChI is InChI=1S/C16H16F3N3O/c1-15(2)12(9-6-4-3-5-7-9)13(15)14(23)20-11-8-10(21-22-11)16(17,18)19/h3-8,12-13H,1-2H3,(H2,20,21,22,23). The van der Waals surface area contributed by atoms with Gasteiger partial charge in [0.1, 0.15) is 5.82 Å². The number of nitrogens with zero attached hydrogens (tertiary/aromatic N) is 1. The molecule has 1 aromatic carbocycles. The van der Waals surface area contributed by atoms with Crippen molar-refractivity contribution in [2.45, 2.75) is 25.9 Å². The Morgan fingerprint density at radius 2 is 1.91 bits per heavy atom. The van der Waals surface area contributed by atoms with Gasteiger partial charge in [0.25, 0.3) is 0 Å². The molecule has 122 valence electrons. The highest BCUT2D eigenvalue weighted by molar-refractivity contribution is 5.95. The van der Waals surface area contributed by atoms with Gasteiger partial charge >= 0.3 is 6.18 Å². The lowest BCUT2D eigenvalue weighted by Gasteiger charge is -2.03. The maximum absolute atomic E-state index is 12.5. The first-order valence-electron chi connectivity index (χ1n) is 7.19. The molecule has 1 amide bonds.